The minimum atomic E-state index is -1.18. The molecule has 0 aliphatic carbocycles. The minimum absolute atomic E-state index is 0.143. The molecule has 0 bridgehead atoms. The lowest BCUT2D eigenvalue weighted by molar-refractivity contribution is -0.137. The Morgan fingerprint density at radius 3 is 2.53 bits per heavy atom. The van der Waals surface area contributed by atoms with E-state index in [0.29, 0.717) is 0 Å². The average molecular weight is 241 g/mol. The third-order valence-electron chi connectivity index (χ3n) is 2.04. The molecule has 92 valence electrons. The van der Waals surface area contributed by atoms with Crippen LogP contribution in [0.1, 0.15) is 17.3 Å². The van der Waals surface area contributed by atoms with Gasteiger partial charge < -0.3 is 15.0 Å². The molecule has 0 aliphatic rings. The molecule has 17 heavy (non-hydrogen) atoms. The van der Waals surface area contributed by atoms with Crippen LogP contribution < -0.4 is 11.2 Å². The quantitative estimate of drug-likeness (QED) is 0.598. The van der Waals surface area contributed by atoms with Crippen LogP contribution in [-0.2, 0) is 4.79 Å². The number of carbonyl (C=O) groups is 2. The monoisotopic (exact) mass is 241 g/mol. The number of hydrogen-bond donors (Lipinski definition) is 3. The van der Waals surface area contributed by atoms with E-state index in [1.165, 1.54) is 0 Å². The molecule has 0 aliphatic heterocycles. The Kier molecular flexibility index (Phi) is 3.81. The number of aromatic nitrogens is 2. The number of nitrogens with one attached hydrogen (secondary N) is 2. The van der Waals surface area contributed by atoms with Gasteiger partial charge >= 0.3 is 11.7 Å². The zero-order valence-electron chi connectivity index (χ0n) is 9.02. The van der Waals surface area contributed by atoms with Gasteiger partial charge in [-0.3, -0.25) is 19.4 Å². The topological polar surface area (TPSA) is 123 Å². The average Bonchev–Trinajstić information content (AvgIpc) is 2.24. The highest BCUT2D eigenvalue weighted by atomic mass is 16.4. The SMILES string of the molecule is CCN(CC(=O)O)C(=O)c1c[nH]c(=O)[nH]c1=O. The van der Waals surface area contributed by atoms with Crippen LogP contribution in [0.15, 0.2) is 15.8 Å². The fourth-order valence-electron chi connectivity index (χ4n) is 1.23. The van der Waals surface area contributed by atoms with Crippen molar-refractivity contribution in [2.24, 2.45) is 0 Å². The number of aromatic amines is 2. The van der Waals surface area contributed by atoms with Crippen molar-refractivity contribution in [3.8, 4) is 0 Å². The fourth-order valence-corrected chi connectivity index (χ4v) is 1.23. The van der Waals surface area contributed by atoms with Gasteiger partial charge in [0.1, 0.15) is 12.1 Å². The number of nitrogens with zero attached hydrogens (tertiary/aromatic N) is 1. The molecule has 3 N–H and O–H groups in total. The Bertz CT molecular complexity index is 544. The summed E-state index contributed by atoms with van der Waals surface area (Å²) >= 11 is 0. The fraction of sp³-hybridized carbons (Fsp3) is 0.333. The van der Waals surface area contributed by atoms with Gasteiger partial charge in [-0.05, 0) is 6.92 Å². The molecule has 0 spiro atoms. The first kappa shape index (κ1) is 12.7. The highest BCUT2D eigenvalue weighted by molar-refractivity contribution is 5.95. The summed E-state index contributed by atoms with van der Waals surface area (Å²) in [7, 11) is 0. The Balaban J connectivity index is 3.06. The normalized spacial score (nSPS) is 9.94. The van der Waals surface area contributed by atoms with E-state index in [2.05, 4.69) is 4.98 Å². The molecule has 0 aromatic carbocycles. The number of aliphatic carboxylic acids is 1. The molecule has 8 heteroatoms. The molecule has 0 atom stereocenters. The number of carboxylic acid groups (broad SMARTS) is 1. The molecule has 1 amide bonds. The lowest BCUT2D eigenvalue weighted by Gasteiger charge is -2.17. The van der Waals surface area contributed by atoms with Crippen LogP contribution >= 0.6 is 0 Å². The summed E-state index contributed by atoms with van der Waals surface area (Å²) in [4.78, 5) is 49.4. The summed E-state index contributed by atoms with van der Waals surface area (Å²) in [5.41, 5.74) is -1.87. The van der Waals surface area contributed by atoms with E-state index in [0.717, 1.165) is 11.1 Å². The van der Waals surface area contributed by atoms with Crippen LogP contribution in [0.5, 0.6) is 0 Å². The van der Waals surface area contributed by atoms with Crippen molar-refractivity contribution in [1.82, 2.24) is 14.9 Å². The Hall–Kier alpha value is -2.38. The highest BCUT2D eigenvalue weighted by Gasteiger charge is 2.19. The summed E-state index contributed by atoms with van der Waals surface area (Å²) in [6.45, 7) is 1.22. The van der Waals surface area contributed by atoms with Crippen LogP contribution in [0.2, 0.25) is 0 Å². The molecule has 8 nitrogen and oxygen atoms in total. The molecule has 1 aromatic heterocycles. The first-order valence-corrected chi connectivity index (χ1v) is 4.78. The summed E-state index contributed by atoms with van der Waals surface area (Å²) in [6.07, 6.45) is 0.966. The molecule has 1 rings (SSSR count). The van der Waals surface area contributed by atoms with Crippen molar-refractivity contribution in [2.75, 3.05) is 13.1 Å². The molecule has 0 radical (unpaired) electrons. The van der Waals surface area contributed by atoms with Gasteiger partial charge in [0, 0.05) is 12.7 Å². The molecular weight excluding hydrogens is 230 g/mol. The summed E-state index contributed by atoms with van der Waals surface area (Å²) in [5.74, 6) is -1.92. The van der Waals surface area contributed by atoms with E-state index < -0.39 is 29.7 Å². The van der Waals surface area contributed by atoms with Gasteiger partial charge in [0.15, 0.2) is 0 Å². The molecule has 0 unspecified atom stereocenters. The van der Waals surface area contributed by atoms with E-state index in [1.807, 2.05) is 4.98 Å². The molecule has 0 fully saturated rings. The van der Waals surface area contributed by atoms with Gasteiger partial charge in [-0.1, -0.05) is 0 Å². The van der Waals surface area contributed by atoms with Gasteiger partial charge in [0.05, 0.1) is 0 Å². The number of hydrogen-bond acceptors (Lipinski definition) is 4. The van der Waals surface area contributed by atoms with E-state index in [9.17, 15) is 19.2 Å². The van der Waals surface area contributed by atoms with Crippen LogP contribution in [-0.4, -0.2) is 44.9 Å². The lowest BCUT2D eigenvalue weighted by atomic mass is 10.3. The number of carboxylic acids is 1. The zero-order valence-corrected chi connectivity index (χ0v) is 9.02. The van der Waals surface area contributed by atoms with Gasteiger partial charge in [0.2, 0.25) is 0 Å². The summed E-state index contributed by atoms with van der Waals surface area (Å²) in [6, 6.07) is 0. The van der Waals surface area contributed by atoms with Crippen LogP contribution in [0.25, 0.3) is 0 Å². The smallest absolute Gasteiger partial charge is 0.325 e. The van der Waals surface area contributed by atoms with Crippen molar-refractivity contribution in [2.45, 2.75) is 6.92 Å². The van der Waals surface area contributed by atoms with E-state index >= 15 is 0 Å². The lowest BCUT2D eigenvalue weighted by Crippen LogP contribution is -2.39. The number of rotatable bonds is 4. The van der Waals surface area contributed by atoms with Crippen LogP contribution in [0, 0.1) is 0 Å². The number of carbonyl (C=O) groups excluding carboxylic acids is 1. The van der Waals surface area contributed by atoms with Gasteiger partial charge in [0.25, 0.3) is 11.5 Å². The van der Waals surface area contributed by atoms with Crippen molar-refractivity contribution >= 4 is 11.9 Å². The standard InChI is InChI=1S/C9H11N3O5/c1-2-12(4-6(13)14)8(16)5-3-10-9(17)11-7(5)15/h3H,2,4H2,1H3,(H,13,14)(H2,10,11,15,17). The first-order chi connectivity index (χ1) is 7.95. The van der Waals surface area contributed by atoms with Crippen molar-refractivity contribution in [3.05, 3.63) is 32.6 Å². The maximum atomic E-state index is 11.8. The largest absolute Gasteiger partial charge is 0.480 e. The Morgan fingerprint density at radius 1 is 1.41 bits per heavy atom. The molecular formula is C9H11N3O5. The van der Waals surface area contributed by atoms with Crippen molar-refractivity contribution < 1.29 is 14.7 Å². The predicted molar refractivity (Wildman–Crippen MR) is 56.9 cm³/mol. The second-order valence-electron chi connectivity index (χ2n) is 3.20. The molecule has 0 saturated heterocycles. The predicted octanol–water partition coefficient (Wildman–Crippen LogP) is -1.39. The molecule has 1 heterocycles. The first-order valence-electron chi connectivity index (χ1n) is 4.78. The zero-order chi connectivity index (χ0) is 13.0. The van der Waals surface area contributed by atoms with Gasteiger partial charge in [-0.25, -0.2) is 4.79 Å². The highest BCUT2D eigenvalue weighted by Crippen LogP contribution is 1.97. The van der Waals surface area contributed by atoms with Crippen molar-refractivity contribution in [3.63, 3.8) is 0 Å². The molecule has 0 saturated carbocycles. The maximum absolute atomic E-state index is 11.8. The van der Waals surface area contributed by atoms with Crippen LogP contribution in [0.4, 0.5) is 0 Å². The number of likely N-dealkylation sites (N-methyl/N-ethyl adjacent to an activating group) is 1. The number of amides is 1. The van der Waals surface area contributed by atoms with Gasteiger partial charge in [-0.2, -0.15) is 0 Å². The Labute approximate surface area is 94.9 Å². The maximum Gasteiger partial charge on any atom is 0.325 e. The third-order valence-corrected chi connectivity index (χ3v) is 2.04. The van der Waals surface area contributed by atoms with Crippen LogP contribution in [0.3, 0.4) is 0 Å². The second-order valence-corrected chi connectivity index (χ2v) is 3.20. The Morgan fingerprint density at radius 2 is 2.06 bits per heavy atom. The molecule has 1 aromatic rings. The number of H-pyrrole nitrogens is 2. The van der Waals surface area contributed by atoms with Crippen molar-refractivity contribution in [1.29, 1.82) is 0 Å². The minimum Gasteiger partial charge on any atom is -0.480 e. The van der Waals surface area contributed by atoms with E-state index in [1.54, 1.807) is 6.92 Å². The van der Waals surface area contributed by atoms with E-state index in [4.69, 9.17) is 5.11 Å². The summed E-state index contributed by atoms with van der Waals surface area (Å²) < 4.78 is 0. The second kappa shape index (κ2) is 5.10. The van der Waals surface area contributed by atoms with E-state index in [-0.39, 0.29) is 12.1 Å². The summed E-state index contributed by atoms with van der Waals surface area (Å²) in [5, 5.41) is 8.59. The third kappa shape index (κ3) is 3.03. The van der Waals surface area contributed by atoms with Gasteiger partial charge in [-0.15, -0.1) is 0 Å².